The third-order valence-corrected chi connectivity index (χ3v) is 4.65. The van der Waals surface area contributed by atoms with Gasteiger partial charge in [-0.3, -0.25) is 4.99 Å². The van der Waals surface area contributed by atoms with E-state index in [1.807, 2.05) is 30.3 Å². The van der Waals surface area contributed by atoms with Gasteiger partial charge in [-0.15, -0.1) is 0 Å². The molecule has 1 saturated carbocycles. The fraction of sp³-hybridized carbons (Fsp3) is 0.409. The monoisotopic (exact) mass is 367 g/mol. The van der Waals surface area contributed by atoms with Crippen molar-refractivity contribution in [1.82, 2.24) is 10.6 Å². The summed E-state index contributed by atoms with van der Waals surface area (Å²) < 4.78 is 11.2. The predicted octanol–water partition coefficient (Wildman–Crippen LogP) is 3.39. The molecule has 0 unspecified atom stereocenters. The lowest BCUT2D eigenvalue weighted by Crippen LogP contribution is -2.37. The van der Waals surface area contributed by atoms with Crippen LogP contribution in [0.3, 0.4) is 0 Å². The minimum Gasteiger partial charge on any atom is -0.497 e. The molecule has 0 atom stereocenters. The Kier molecular flexibility index (Phi) is 6.97. The normalized spacial score (nSPS) is 13.9. The summed E-state index contributed by atoms with van der Waals surface area (Å²) in [5, 5.41) is 6.73. The van der Waals surface area contributed by atoms with E-state index in [1.54, 1.807) is 14.2 Å². The maximum atomic E-state index is 5.98. The fourth-order valence-electron chi connectivity index (χ4n) is 2.84. The summed E-state index contributed by atoms with van der Waals surface area (Å²) in [5.74, 6) is 3.38. The molecular weight excluding hydrogens is 338 g/mol. The van der Waals surface area contributed by atoms with Crippen molar-refractivity contribution in [3.8, 4) is 11.5 Å². The first kappa shape index (κ1) is 19.1. The number of aliphatic imine (C=N–C) groups is 1. The van der Waals surface area contributed by atoms with Crippen LogP contribution in [0.25, 0.3) is 0 Å². The van der Waals surface area contributed by atoms with E-state index < -0.39 is 0 Å². The molecule has 0 amide bonds. The van der Waals surface area contributed by atoms with Crippen LogP contribution in [-0.4, -0.2) is 33.3 Å². The van der Waals surface area contributed by atoms with Gasteiger partial charge in [-0.25, -0.2) is 0 Å². The van der Waals surface area contributed by atoms with Gasteiger partial charge in [-0.1, -0.05) is 30.3 Å². The largest absolute Gasteiger partial charge is 0.497 e. The summed E-state index contributed by atoms with van der Waals surface area (Å²) in [6.45, 7) is 2.30. The minimum atomic E-state index is 0.680. The molecule has 1 fully saturated rings. The summed E-state index contributed by atoms with van der Waals surface area (Å²) in [7, 11) is 3.48. The molecule has 2 aromatic rings. The van der Waals surface area contributed by atoms with Crippen molar-refractivity contribution in [2.75, 3.05) is 27.3 Å². The zero-order chi connectivity index (χ0) is 18.9. The molecule has 0 radical (unpaired) electrons. The van der Waals surface area contributed by atoms with Crippen molar-refractivity contribution in [3.63, 3.8) is 0 Å². The second-order valence-corrected chi connectivity index (χ2v) is 6.82. The average Bonchev–Trinajstić information content (AvgIpc) is 3.54. The third kappa shape index (κ3) is 6.20. The number of guanidine groups is 1. The number of nitrogens with zero attached hydrogens (tertiary/aromatic N) is 1. The Labute approximate surface area is 161 Å². The molecule has 5 heteroatoms. The number of benzene rings is 2. The molecule has 0 saturated heterocycles. The quantitative estimate of drug-likeness (QED) is 0.527. The molecule has 0 heterocycles. The predicted molar refractivity (Wildman–Crippen MR) is 110 cm³/mol. The van der Waals surface area contributed by atoms with Gasteiger partial charge in [-0.05, 0) is 48.9 Å². The van der Waals surface area contributed by atoms with Gasteiger partial charge in [0, 0.05) is 25.7 Å². The van der Waals surface area contributed by atoms with Crippen LogP contribution in [0.1, 0.15) is 24.0 Å². The topological polar surface area (TPSA) is 54.9 Å². The van der Waals surface area contributed by atoms with Gasteiger partial charge in [0.15, 0.2) is 5.96 Å². The number of hydrogen-bond donors (Lipinski definition) is 2. The van der Waals surface area contributed by atoms with Crippen molar-refractivity contribution in [1.29, 1.82) is 0 Å². The fourth-order valence-corrected chi connectivity index (χ4v) is 2.84. The lowest BCUT2D eigenvalue weighted by Gasteiger charge is -2.15. The first-order chi connectivity index (χ1) is 13.3. The lowest BCUT2D eigenvalue weighted by molar-refractivity contribution is 0.296. The molecule has 2 aromatic carbocycles. The Morgan fingerprint density at radius 3 is 2.74 bits per heavy atom. The molecule has 5 nitrogen and oxygen atoms in total. The highest BCUT2D eigenvalue weighted by Crippen LogP contribution is 2.30. The minimum absolute atomic E-state index is 0.680. The number of ether oxygens (including phenoxy) is 2. The molecule has 144 valence electrons. The van der Waals surface area contributed by atoms with E-state index in [2.05, 4.69) is 33.8 Å². The maximum Gasteiger partial charge on any atom is 0.191 e. The van der Waals surface area contributed by atoms with Crippen LogP contribution in [0.15, 0.2) is 53.5 Å². The standard InChI is InChI=1S/C22H29N3O2/c1-23-22(24-13-12-17-6-5-8-20(14-17)26-2)25-15-19-7-3-4-9-21(19)27-16-18-10-11-18/h3-9,14,18H,10-13,15-16H2,1-2H3,(H2,23,24,25). The average molecular weight is 367 g/mol. The highest BCUT2D eigenvalue weighted by Gasteiger charge is 2.22. The molecule has 2 N–H and O–H groups in total. The van der Waals surface area contributed by atoms with Gasteiger partial charge in [-0.2, -0.15) is 0 Å². The number of rotatable bonds is 9. The maximum absolute atomic E-state index is 5.98. The first-order valence-corrected chi connectivity index (χ1v) is 9.56. The van der Waals surface area contributed by atoms with Crippen LogP contribution in [0.5, 0.6) is 11.5 Å². The van der Waals surface area contributed by atoms with E-state index in [-0.39, 0.29) is 0 Å². The summed E-state index contributed by atoms with van der Waals surface area (Å²) in [4.78, 5) is 4.31. The Morgan fingerprint density at radius 2 is 1.96 bits per heavy atom. The zero-order valence-corrected chi connectivity index (χ0v) is 16.2. The van der Waals surface area contributed by atoms with Gasteiger partial charge in [0.1, 0.15) is 11.5 Å². The van der Waals surface area contributed by atoms with Crippen molar-refractivity contribution < 1.29 is 9.47 Å². The van der Waals surface area contributed by atoms with Gasteiger partial charge in [0.05, 0.1) is 13.7 Å². The summed E-state index contributed by atoms with van der Waals surface area (Å²) in [6.07, 6.45) is 3.49. The van der Waals surface area contributed by atoms with Crippen molar-refractivity contribution in [2.45, 2.75) is 25.8 Å². The van der Waals surface area contributed by atoms with Crippen LogP contribution in [-0.2, 0) is 13.0 Å². The molecule has 0 spiro atoms. The molecule has 3 rings (SSSR count). The highest BCUT2D eigenvalue weighted by molar-refractivity contribution is 5.79. The van der Waals surface area contributed by atoms with Crippen LogP contribution in [0.4, 0.5) is 0 Å². The molecule has 0 bridgehead atoms. The van der Waals surface area contributed by atoms with Crippen molar-refractivity contribution >= 4 is 5.96 Å². The summed E-state index contributed by atoms with van der Waals surface area (Å²) >= 11 is 0. The molecule has 1 aliphatic rings. The Morgan fingerprint density at radius 1 is 1.11 bits per heavy atom. The van der Waals surface area contributed by atoms with E-state index in [1.165, 1.54) is 18.4 Å². The van der Waals surface area contributed by atoms with Gasteiger partial charge in [0.2, 0.25) is 0 Å². The highest BCUT2D eigenvalue weighted by atomic mass is 16.5. The summed E-state index contributed by atoms with van der Waals surface area (Å²) in [6, 6.07) is 16.3. The van der Waals surface area contributed by atoms with Gasteiger partial charge < -0.3 is 20.1 Å². The first-order valence-electron chi connectivity index (χ1n) is 9.56. The molecule has 1 aliphatic carbocycles. The molecule has 0 aromatic heterocycles. The molecule has 27 heavy (non-hydrogen) atoms. The number of hydrogen-bond acceptors (Lipinski definition) is 3. The zero-order valence-electron chi connectivity index (χ0n) is 16.2. The van der Waals surface area contributed by atoms with Crippen LogP contribution in [0, 0.1) is 5.92 Å². The second kappa shape index (κ2) is 9.86. The Balaban J connectivity index is 1.46. The third-order valence-electron chi connectivity index (χ3n) is 4.65. The summed E-state index contributed by atoms with van der Waals surface area (Å²) in [5.41, 5.74) is 2.38. The smallest absolute Gasteiger partial charge is 0.191 e. The van der Waals surface area contributed by atoms with Crippen molar-refractivity contribution in [3.05, 3.63) is 59.7 Å². The Bertz CT molecular complexity index is 757. The van der Waals surface area contributed by atoms with Gasteiger partial charge in [0.25, 0.3) is 0 Å². The second-order valence-electron chi connectivity index (χ2n) is 6.82. The SMILES string of the molecule is CN=C(NCCc1cccc(OC)c1)NCc1ccccc1OCC1CC1. The van der Waals surface area contributed by atoms with E-state index in [9.17, 15) is 0 Å². The number of para-hydroxylation sites is 1. The van der Waals surface area contributed by atoms with E-state index >= 15 is 0 Å². The lowest BCUT2D eigenvalue weighted by atomic mass is 10.1. The number of methoxy groups -OCH3 is 1. The molecule has 0 aliphatic heterocycles. The number of nitrogens with one attached hydrogen (secondary N) is 2. The van der Waals surface area contributed by atoms with Crippen LogP contribution < -0.4 is 20.1 Å². The van der Waals surface area contributed by atoms with Crippen LogP contribution in [0.2, 0.25) is 0 Å². The molecular formula is C22H29N3O2. The van der Waals surface area contributed by atoms with Crippen molar-refractivity contribution in [2.24, 2.45) is 10.9 Å². The van der Waals surface area contributed by atoms with Gasteiger partial charge >= 0.3 is 0 Å². The Hall–Kier alpha value is -2.69. The van der Waals surface area contributed by atoms with Crippen LogP contribution >= 0.6 is 0 Å². The van der Waals surface area contributed by atoms with E-state index in [0.29, 0.717) is 6.54 Å². The van der Waals surface area contributed by atoms with E-state index in [4.69, 9.17) is 9.47 Å². The van der Waals surface area contributed by atoms with E-state index in [0.717, 1.165) is 48.5 Å².